The maximum Gasteiger partial charge on any atom is 0.371 e. The maximum absolute atomic E-state index is 12.0. The van der Waals surface area contributed by atoms with Gasteiger partial charge in [0, 0.05) is 26.8 Å². The summed E-state index contributed by atoms with van der Waals surface area (Å²) in [4.78, 5) is 11.1. The zero-order valence-corrected chi connectivity index (χ0v) is 10.7. The molecule has 0 rings (SSSR count). The number of hydrogen-bond acceptors (Lipinski definition) is 6. The van der Waals surface area contributed by atoms with Crippen molar-refractivity contribution in [2.75, 3.05) is 27.3 Å². The van der Waals surface area contributed by atoms with Crippen molar-refractivity contribution in [3.05, 3.63) is 12.7 Å². The predicted octanol–water partition coefficient (Wildman–Crippen LogP) is 1.14. The molecule has 1 N–H and O–H groups in total. The molecular weight excluding hydrogens is 233 g/mol. The van der Waals surface area contributed by atoms with Crippen molar-refractivity contribution >= 4 is 13.6 Å². The molecule has 0 spiro atoms. The van der Waals surface area contributed by atoms with Crippen LogP contribution in [0.3, 0.4) is 0 Å². The molecule has 7 heteroatoms. The zero-order chi connectivity index (χ0) is 12.6. The van der Waals surface area contributed by atoms with Crippen LogP contribution in [0.5, 0.6) is 0 Å². The predicted molar refractivity (Wildman–Crippen MR) is 60.2 cm³/mol. The van der Waals surface area contributed by atoms with E-state index in [1.165, 1.54) is 14.2 Å². The lowest BCUT2D eigenvalue weighted by Crippen LogP contribution is -2.31. The van der Waals surface area contributed by atoms with E-state index in [0.29, 0.717) is 6.54 Å². The molecule has 0 saturated carbocycles. The summed E-state index contributed by atoms with van der Waals surface area (Å²) in [6.07, 6.45) is 0.995. The monoisotopic (exact) mass is 251 g/mol. The third-order valence-corrected chi connectivity index (χ3v) is 3.86. The Labute approximate surface area is 95.5 Å². The van der Waals surface area contributed by atoms with Gasteiger partial charge in [-0.25, -0.2) is 4.79 Å². The van der Waals surface area contributed by atoms with Gasteiger partial charge in [-0.2, -0.15) is 0 Å². The summed E-state index contributed by atoms with van der Waals surface area (Å²) in [5.41, 5.74) is 0. The minimum atomic E-state index is -3.44. The number of hydrogen-bond donors (Lipinski definition) is 1. The Morgan fingerprint density at radius 2 is 2.06 bits per heavy atom. The van der Waals surface area contributed by atoms with Crippen LogP contribution in [0.1, 0.15) is 6.92 Å². The van der Waals surface area contributed by atoms with Crippen LogP contribution in [0.2, 0.25) is 0 Å². The maximum atomic E-state index is 12.0. The van der Waals surface area contributed by atoms with Crippen molar-refractivity contribution in [3.8, 4) is 0 Å². The molecule has 0 radical (unpaired) electrons. The Morgan fingerprint density at radius 1 is 1.50 bits per heavy atom. The molecule has 1 unspecified atom stereocenters. The SMILES string of the molecule is C=CC(=O)OC(CNCC)P(=O)(OC)OC. The molecule has 1 atom stereocenters. The van der Waals surface area contributed by atoms with Gasteiger partial charge in [-0.15, -0.1) is 0 Å². The molecule has 0 aromatic carbocycles. The molecule has 0 amide bonds. The third-order valence-electron chi connectivity index (χ3n) is 1.85. The van der Waals surface area contributed by atoms with Crippen LogP contribution in [0, 0.1) is 0 Å². The van der Waals surface area contributed by atoms with Crippen LogP contribution in [0.25, 0.3) is 0 Å². The van der Waals surface area contributed by atoms with Gasteiger partial charge >= 0.3 is 13.6 Å². The first-order chi connectivity index (χ1) is 7.53. The number of rotatable bonds is 8. The van der Waals surface area contributed by atoms with Gasteiger partial charge in [-0.05, 0) is 6.54 Å². The lowest BCUT2D eigenvalue weighted by Gasteiger charge is -2.23. The van der Waals surface area contributed by atoms with Crippen molar-refractivity contribution in [3.63, 3.8) is 0 Å². The standard InChI is InChI=1S/C9H18NO5P/c1-5-8(11)15-9(7-10-6-2)16(12,13-3)14-4/h5,9-10H,1,6-7H2,2-4H3. The Hall–Kier alpha value is -0.680. The first kappa shape index (κ1) is 15.3. The van der Waals surface area contributed by atoms with E-state index in [1.807, 2.05) is 6.92 Å². The summed E-state index contributed by atoms with van der Waals surface area (Å²) in [6, 6.07) is 0. The number of likely N-dealkylation sites (N-methyl/N-ethyl adjacent to an activating group) is 1. The van der Waals surface area contributed by atoms with Gasteiger partial charge in [0.1, 0.15) is 0 Å². The van der Waals surface area contributed by atoms with Crippen LogP contribution < -0.4 is 5.32 Å². The summed E-state index contributed by atoms with van der Waals surface area (Å²) in [6.45, 7) is 5.97. The first-order valence-electron chi connectivity index (χ1n) is 4.79. The summed E-state index contributed by atoms with van der Waals surface area (Å²) in [5.74, 6) is -1.65. The highest BCUT2D eigenvalue weighted by molar-refractivity contribution is 7.54. The molecule has 94 valence electrons. The topological polar surface area (TPSA) is 73.9 Å². The lowest BCUT2D eigenvalue weighted by atomic mass is 10.6. The Kier molecular flexibility index (Phi) is 7.25. The number of nitrogens with one attached hydrogen (secondary N) is 1. The molecule has 0 bridgehead atoms. The Bertz CT molecular complexity index is 273. The van der Waals surface area contributed by atoms with E-state index in [4.69, 9.17) is 13.8 Å². The van der Waals surface area contributed by atoms with E-state index < -0.39 is 19.4 Å². The second-order valence-corrected chi connectivity index (χ2v) is 5.19. The molecule has 0 fully saturated rings. The van der Waals surface area contributed by atoms with E-state index >= 15 is 0 Å². The van der Waals surface area contributed by atoms with Gasteiger partial charge in [0.25, 0.3) is 0 Å². The molecule has 16 heavy (non-hydrogen) atoms. The highest BCUT2D eigenvalue weighted by Gasteiger charge is 2.36. The van der Waals surface area contributed by atoms with Crippen molar-refractivity contribution in [1.29, 1.82) is 0 Å². The molecule has 0 aliphatic rings. The molecule has 0 aliphatic carbocycles. The fourth-order valence-electron chi connectivity index (χ4n) is 0.978. The van der Waals surface area contributed by atoms with Gasteiger partial charge in [0.05, 0.1) is 0 Å². The van der Waals surface area contributed by atoms with E-state index in [2.05, 4.69) is 11.9 Å². The quantitative estimate of drug-likeness (QED) is 0.396. The van der Waals surface area contributed by atoms with Gasteiger partial charge < -0.3 is 19.1 Å². The number of carbonyl (C=O) groups excluding carboxylic acids is 1. The lowest BCUT2D eigenvalue weighted by molar-refractivity contribution is -0.140. The molecule has 0 aliphatic heterocycles. The highest BCUT2D eigenvalue weighted by Crippen LogP contribution is 2.51. The minimum Gasteiger partial charge on any atom is -0.445 e. The average Bonchev–Trinajstić information content (AvgIpc) is 2.32. The van der Waals surface area contributed by atoms with Gasteiger partial charge in [-0.3, -0.25) is 4.57 Å². The highest BCUT2D eigenvalue weighted by atomic mass is 31.2. The van der Waals surface area contributed by atoms with Crippen LogP contribution in [0.15, 0.2) is 12.7 Å². The number of esters is 1. The summed E-state index contributed by atoms with van der Waals surface area (Å²) in [7, 11) is -0.959. The van der Waals surface area contributed by atoms with E-state index in [9.17, 15) is 9.36 Å². The normalized spacial score (nSPS) is 13.2. The van der Waals surface area contributed by atoms with E-state index in [0.717, 1.165) is 6.08 Å². The van der Waals surface area contributed by atoms with Gasteiger partial charge in [-0.1, -0.05) is 13.5 Å². The number of carbonyl (C=O) groups is 1. The Morgan fingerprint density at radius 3 is 2.44 bits per heavy atom. The number of ether oxygens (including phenoxy) is 1. The molecular formula is C9H18NO5P. The summed E-state index contributed by atoms with van der Waals surface area (Å²) in [5, 5.41) is 2.91. The first-order valence-corrected chi connectivity index (χ1v) is 6.40. The second-order valence-electron chi connectivity index (χ2n) is 2.81. The summed E-state index contributed by atoms with van der Waals surface area (Å²) >= 11 is 0. The van der Waals surface area contributed by atoms with Gasteiger partial charge in [0.15, 0.2) is 0 Å². The fourth-order valence-corrected chi connectivity index (χ4v) is 2.18. The van der Waals surface area contributed by atoms with Crippen LogP contribution >= 0.6 is 7.60 Å². The molecule has 0 aromatic rings. The Balaban J connectivity index is 4.69. The molecule has 0 aromatic heterocycles. The molecule has 0 heterocycles. The van der Waals surface area contributed by atoms with Crippen molar-refractivity contribution in [2.24, 2.45) is 0 Å². The molecule has 0 saturated heterocycles. The fraction of sp³-hybridized carbons (Fsp3) is 0.667. The second kappa shape index (κ2) is 7.57. The zero-order valence-electron chi connectivity index (χ0n) is 9.76. The van der Waals surface area contributed by atoms with Crippen molar-refractivity contribution in [1.82, 2.24) is 5.32 Å². The van der Waals surface area contributed by atoms with Gasteiger partial charge in [0.2, 0.25) is 5.85 Å². The van der Waals surface area contributed by atoms with Crippen LogP contribution in [-0.4, -0.2) is 39.1 Å². The average molecular weight is 251 g/mol. The van der Waals surface area contributed by atoms with Crippen molar-refractivity contribution < 1.29 is 23.1 Å². The van der Waals surface area contributed by atoms with Crippen LogP contribution in [0.4, 0.5) is 0 Å². The van der Waals surface area contributed by atoms with E-state index in [-0.39, 0.29) is 6.54 Å². The van der Waals surface area contributed by atoms with E-state index in [1.54, 1.807) is 0 Å². The smallest absolute Gasteiger partial charge is 0.371 e. The van der Waals surface area contributed by atoms with Crippen molar-refractivity contribution in [2.45, 2.75) is 12.8 Å². The summed E-state index contributed by atoms with van der Waals surface area (Å²) < 4.78 is 26.5. The largest absolute Gasteiger partial charge is 0.445 e. The third kappa shape index (κ3) is 4.45. The van der Waals surface area contributed by atoms with Crippen LogP contribution in [-0.2, 0) is 23.1 Å². The minimum absolute atomic E-state index is 0.190. The molecule has 6 nitrogen and oxygen atoms in total.